The normalized spacial score (nSPS) is 11.5. The number of carboxylic acid groups (broad SMARTS) is 1. The standard InChI is InChI=1S/C14H18N2O5/c17-9-7-11(14(20)21)16-12(18)6-8-15-13(19)10-4-2-1-3-5-10/h1-5,11,17H,6-9H2,(H,15,19)(H,16,18)(H,20,21)/t11-/m0/s1. The SMILES string of the molecule is O=C(CCNC(=O)c1ccccc1)N[C@@H](CCO)C(=O)O. The molecule has 1 aromatic carbocycles. The van der Waals surface area contributed by atoms with Crippen molar-refractivity contribution < 1.29 is 24.6 Å². The Hall–Kier alpha value is -2.41. The van der Waals surface area contributed by atoms with E-state index in [-0.39, 0.29) is 31.9 Å². The van der Waals surface area contributed by atoms with Crippen LogP contribution >= 0.6 is 0 Å². The molecule has 0 spiro atoms. The summed E-state index contributed by atoms with van der Waals surface area (Å²) in [6.07, 6.45) is -0.0920. The second-order valence-corrected chi connectivity index (χ2v) is 4.34. The number of benzene rings is 1. The van der Waals surface area contributed by atoms with Crippen LogP contribution in [0.15, 0.2) is 30.3 Å². The lowest BCUT2D eigenvalue weighted by atomic mass is 10.2. The number of carboxylic acids is 1. The van der Waals surface area contributed by atoms with Crippen LogP contribution in [-0.2, 0) is 9.59 Å². The monoisotopic (exact) mass is 294 g/mol. The van der Waals surface area contributed by atoms with E-state index in [1.165, 1.54) is 0 Å². The van der Waals surface area contributed by atoms with Crippen molar-refractivity contribution in [3.8, 4) is 0 Å². The Kier molecular flexibility index (Phi) is 6.90. The van der Waals surface area contributed by atoms with Gasteiger partial charge < -0.3 is 20.8 Å². The molecule has 1 atom stereocenters. The summed E-state index contributed by atoms with van der Waals surface area (Å²) in [5.74, 6) is -2.00. The molecule has 0 aliphatic heterocycles. The number of aliphatic hydroxyl groups excluding tert-OH is 1. The van der Waals surface area contributed by atoms with Gasteiger partial charge in [-0.25, -0.2) is 4.79 Å². The van der Waals surface area contributed by atoms with Crippen molar-refractivity contribution in [3.63, 3.8) is 0 Å². The van der Waals surface area contributed by atoms with Crippen molar-refractivity contribution in [2.45, 2.75) is 18.9 Å². The third-order valence-electron chi connectivity index (χ3n) is 2.72. The summed E-state index contributed by atoms with van der Waals surface area (Å²) in [4.78, 5) is 34.0. The zero-order valence-electron chi connectivity index (χ0n) is 11.4. The van der Waals surface area contributed by atoms with Crippen LogP contribution in [0.2, 0.25) is 0 Å². The molecule has 0 aliphatic rings. The van der Waals surface area contributed by atoms with Crippen molar-refractivity contribution in [1.29, 1.82) is 0 Å². The summed E-state index contributed by atoms with van der Waals surface area (Å²) in [6.45, 7) is -0.229. The molecule has 0 radical (unpaired) electrons. The molecule has 7 heteroatoms. The lowest BCUT2D eigenvalue weighted by Crippen LogP contribution is -2.42. The van der Waals surface area contributed by atoms with Crippen LogP contribution in [0.5, 0.6) is 0 Å². The first kappa shape index (κ1) is 16.6. The number of hydrogen-bond donors (Lipinski definition) is 4. The number of nitrogens with one attached hydrogen (secondary N) is 2. The molecule has 0 saturated heterocycles. The fourth-order valence-corrected chi connectivity index (χ4v) is 1.63. The van der Waals surface area contributed by atoms with Gasteiger partial charge in [-0.2, -0.15) is 0 Å². The highest BCUT2D eigenvalue weighted by molar-refractivity contribution is 5.94. The van der Waals surface area contributed by atoms with Crippen LogP contribution < -0.4 is 10.6 Å². The Labute approximate surface area is 122 Å². The Balaban J connectivity index is 2.33. The molecule has 0 aromatic heterocycles. The molecule has 1 rings (SSSR count). The van der Waals surface area contributed by atoms with Gasteiger partial charge >= 0.3 is 5.97 Å². The predicted molar refractivity (Wildman–Crippen MR) is 74.7 cm³/mol. The van der Waals surface area contributed by atoms with Crippen LogP contribution in [0.1, 0.15) is 23.2 Å². The summed E-state index contributed by atoms with van der Waals surface area (Å²) in [6, 6.07) is 7.43. The molecule has 0 aliphatic carbocycles. The lowest BCUT2D eigenvalue weighted by molar-refractivity contribution is -0.142. The average Bonchev–Trinajstić information content (AvgIpc) is 2.47. The van der Waals surface area contributed by atoms with Crippen LogP contribution in [0.3, 0.4) is 0 Å². The van der Waals surface area contributed by atoms with E-state index in [0.717, 1.165) is 0 Å². The molecule has 1 aromatic rings. The van der Waals surface area contributed by atoms with Crippen LogP contribution in [0.4, 0.5) is 0 Å². The van der Waals surface area contributed by atoms with Gasteiger partial charge in [0.05, 0.1) is 0 Å². The first-order chi connectivity index (χ1) is 10.0. The maximum Gasteiger partial charge on any atom is 0.326 e. The summed E-state index contributed by atoms with van der Waals surface area (Å²) < 4.78 is 0. The van der Waals surface area contributed by atoms with Gasteiger partial charge in [0.15, 0.2) is 0 Å². The predicted octanol–water partition coefficient (Wildman–Crippen LogP) is -0.242. The lowest BCUT2D eigenvalue weighted by Gasteiger charge is -2.13. The van der Waals surface area contributed by atoms with Crippen LogP contribution in [-0.4, -0.2) is 47.2 Å². The molecule has 0 heterocycles. The van der Waals surface area contributed by atoms with Crippen molar-refractivity contribution in [2.75, 3.05) is 13.2 Å². The number of carbonyl (C=O) groups excluding carboxylic acids is 2. The van der Waals surface area contributed by atoms with Gasteiger partial charge in [0.25, 0.3) is 5.91 Å². The molecule has 114 valence electrons. The minimum atomic E-state index is -1.20. The number of carbonyl (C=O) groups is 3. The number of hydrogen-bond acceptors (Lipinski definition) is 4. The highest BCUT2D eigenvalue weighted by Gasteiger charge is 2.18. The van der Waals surface area contributed by atoms with E-state index in [2.05, 4.69) is 10.6 Å². The Morgan fingerprint density at radius 3 is 2.38 bits per heavy atom. The van der Waals surface area contributed by atoms with E-state index in [4.69, 9.17) is 10.2 Å². The largest absolute Gasteiger partial charge is 0.480 e. The number of rotatable bonds is 8. The Bertz CT molecular complexity index is 489. The second-order valence-electron chi connectivity index (χ2n) is 4.34. The van der Waals surface area contributed by atoms with E-state index < -0.39 is 17.9 Å². The average molecular weight is 294 g/mol. The van der Waals surface area contributed by atoms with Gasteiger partial charge in [-0.3, -0.25) is 9.59 Å². The smallest absolute Gasteiger partial charge is 0.326 e. The molecule has 0 fully saturated rings. The van der Waals surface area contributed by atoms with Gasteiger partial charge in [-0.05, 0) is 12.1 Å². The highest BCUT2D eigenvalue weighted by atomic mass is 16.4. The summed E-state index contributed by atoms with van der Waals surface area (Å²) in [5, 5.41) is 22.4. The third-order valence-corrected chi connectivity index (χ3v) is 2.72. The quantitative estimate of drug-likeness (QED) is 0.528. The molecule has 0 saturated carbocycles. The zero-order chi connectivity index (χ0) is 15.7. The van der Waals surface area contributed by atoms with E-state index in [1.54, 1.807) is 30.3 Å². The Morgan fingerprint density at radius 1 is 1.14 bits per heavy atom. The van der Waals surface area contributed by atoms with Crippen molar-refractivity contribution in [1.82, 2.24) is 10.6 Å². The molecule has 0 bridgehead atoms. The van der Waals surface area contributed by atoms with Crippen LogP contribution in [0.25, 0.3) is 0 Å². The third kappa shape index (κ3) is 6.05. The Morgan fingerprint density at radius 2 is 1.81 bits per heavy atom. The molecular weight excluding hydrogens is 276 g/mol. The highest BCUT2D eigenvalue weighted by Crippen LogP contribution is 1.98. The maximum absolute atomic E-state index is 11.7. The summed E-state index contributed by atoms with van der Waals surface area (Å²) in [5.41, 5.74) is 0.488. The van der Waals surface area contributed by atoms with E-state index >= 15 is 0 Å². The fourth-order valence-electron chi connectivity index (χ4n) is 1.63. The van der Waals surface area contributed by atoms with Crippen LogP contribution in [0, 0.1) is 0 Å². The molecule has 21 heavy (non-hydrogen) atoms. The van der Waals surface area contributed by atoms with Gasteiger partial charge in [0, 0.05) is 31.6 Å². The first-order valence-electron chi connectivity index (χ1n) is 6.51. The van der Waals surface area contributed by atoms with Gasteiger partial charge in [0.1, 0.15) is 6.04 Å². The molecule has 7 nitrogen and oxygen atoms in total. The topological polar surface area (TPSA) is 116 Å². The number of aliphatic hydroxyl groups is 1. The molecular formula is C14H18N2O5. The van der Waals surface area contributed by atoms with Crippen molar-refractivity contribution in [3.05, 3.63) is 35.9 Å². The summed E-state index contributed by atoms with van der Waals surface area (Å²) >= 11 is 0. The number of aliphatic carboxylic acids is 1. The number of amides is 2. The van der Waals surface area contributed by atoms with Crippen molar-refractivity contribution in [2.24, 2.45) is 0 Å². The minimum absolute atomic E-state index is 0.0339. The second kappa shape index (κ2) is 8.70. The zero-order valence-corrected chi connectivity index (χ0v) is 11.4. The van der Waals surface area contributed by atoms with E-state index in [0.29, 0.717) is 5.56 Å². The van der Waals surface area contributed by atoms with E-state index in [9.17, 15) is 14.4 Å². The van der Waals surface area contributed by atoms with E-state index in [1.807, 2.05) is 0 Å². The first-order valence-corrected chi connectivity index (χ1v) is 6.51. The van der Waals surface area contributed by atoms with Gasteiger partial charge in [0.2, 0.25) is 5.91 Å². The minimum Gasteiger partial charge on any atom is -0.480 e. The maximum atomic E-state index is 11.7. The molecule has 2 amide bonds. The summed E-state index contributed by atoms with van der Waals surface area (Å²) in [7, 11) is 0. The van der Waals surface area contributed by atoms with Gasteiger partial charge in [-0.15, -0.1) is 0 Å². The molecule has 0 unspecified atom stereocenters. The van der Waals surface area contributed by atoms with Gasteiger partial charge in [-0.1, -0.05) is 18.2 Å². The molecule has 4 N–H and O–H groups in total. The fraction of sp³-hybridized carbons (Fsp3) is 0.357. The van der Waals surface area contributed by atoms with Crippen molar-refractivity contribution >= 4 is 17.8 Å².